The summed E-state index contributed by atoms with van der Waals surface area (Å²) in [6.45, 7) is 1.25. The van der Waals surface area contributed by atoms with E-state index in [4.69, 9.17) is 0 Å². The number of hydrogen-bond acceptors (Lipinski definition) is 4. The molecular formula is C18H19N3O2S. The first kappa shape index (κ1) is 16.5. The summed E-state index contributed by atoms with van der Waals surface area (Å²) < 4.78 is 0. The molecule has 1 fully saturated rings. The van der Waals surface area contributed by atoms with Crippen LogP contribution in [0.15, 0.2) is 53.7 Å². The fourth-order valence-electron chi connectivity index (χ4n) is 2.83. The Balaban J connectivity index is 1.55. The van der Waals surface area contributed by atoms with Gasteiger partial charge in [0.15, 0.2) is 0 Å². The topological polar surface area (TPSA) is 62.3 Å². The van der Waals surface area contributed by atoms with E-state index in [2.05, 4.69) is 22.9 Å². The van der Waals surface area contributed by atoms with Crippen LogP contribution in [0.1, 0.15) is 33.6 Å². The molecule has 1 aliphatic rings. The predicted molar refractivity (Wildman–Crippen MR) is 94.3 cm³/mol. The summed E-state index contributed by atoms with van der Waals surface area (Å²) in [5.74, 6) is -0.119. The van der Waals surface area contributed by atoms with Gasteiger partial charge in [-0.05, 0) is 37.1 Å². The van der Waals surface area contributed by atoms with E-state index >= 15 is 0 Å². The number of benzene rings is 1. The molecule has 24 heavy (non-hydrogen) atoms. The second kappa shape index (κ2) is 7.49. The summed E-state index contributed by atoms with van der Waals surface area (Å²) in [6.07, 6.45) is 4.72. The van der Waals surface area contributed by atoms with Gasteiger partial charge in [0.1, 0.15) is 0 Å². The summed E-state index contributed by atoms with van der Waals surface area (Å²) in [4.78, 5) is 31.2. The molecular weight excluding hydrogens is 322 g/mol. The van der Waals surface area contributed by atoms with Crippen molar-refractivity contribution in [2.75, 3.05) is 13.1 Å². The molecule has 0 bridgehead atoms. The van der Waals surface area contributed by atoms with Crippen LogP contribution in [0.4, 0.5) is 0 Å². The third-order valence-electron chi connectivity index (χ3n) is 4.17. The Morgan fingerprint density at radius 3 is 2.54 bits per heavy atom. The van der Waals surface area contributed by atoms with Crippen LogP contribution < -0.4 is 5.32 Å². The average molecular weight is 341 g/mol. The minimum Gasteiger partial charge on any atom is -0.349 e. The average Bonchev–Trinajstić information content (AvgIpc) is 2.63. The van der Waals surface area contributed by atoms with Gasteiger partial charge >= 0.3 is 0 Å². The van der Waals surface area contributed by atoms with Crippen molar-refractivity contribution in [1.82, 2.24) is 15.2 Å². The van der Waals surface area contributed by atoms with E-state index in [1.165, 1.54) is 0 Å². The maximum atomic E-state index is 12.4. The molecule has 2 heterocycles. The quantitative estimate of drug-likeness (QED) is 0.843. The monoisotopic (exact) mass is 341 g/mol. The molecule has 1 aromatic carbocycles. The third-order valence-corrected chi connectivity index (χ3v) is 4.56. The number of nitrogens with one attached hydrogen (secondary N) is 1. The highest BCUT2D eigenvalue weighted by Crippen LogP contribution is 2.16. The SMILES string of the molecule is O=C(NC1CCN(C(=O)c2cccnc2)CC1)c1ccccc1S. The molecule has 2 aromatic rings. The van der Waals surface area contributed by atoms with E-state index in [1.54, 1.807) is 36.7 Å². The summed E-state index contributed by atoms with van der Waals surface area (Å²) in [5, 5.41) is 3.04. The second-order valence-corrected chi connectivity index (χ2v) is 6.28. The number of rotatable bonds is 3. The molecule has 1 aliphatic heterocycles. The lowest BCUT2D eigenvalue weighted by molar-refractivity contribution is 0.0697. The lowest BCUT2D eigenvalue weighted by Crippen LogP contribution is -2.46. The highest BCUT2D eigenvalue weighted by atomic mass is 32.1. The molecule has 1 saturated heterocycles. The molecule has 1 aromatic heterocycles. The predicted octanol–water partition coefficient (Wildman–Crippen LogP) is 2.40. The van der Waals surface area contributed by atoms with Crippen LogP contribution in [-0.4, -0.2) is 40.8 Å². The molecule has 0 unspecified atom stereocenters. The van der Waals surface area contributed by atoms with Crippen molar-refractivity contribution >= 4 is 24.4 Å². The lowest BCUT2D eigenvalue weighted by Gasteiger charge is -2.32. The maximum Gasteiger partial charge on any atom is 0.255 e. The molecule has 6 heteroatoms. The van der Waals surface area contributed by atoms with Crippen LogP contribution >= 0.6 is 12.6 Å². The summed E-state index contributed by atoms with van der Waals surface area (Å²) in [6, 6.07) is 10.8. The van der Waals surface area contributed by atoms with E-state index < -0.39 is 0 Å². The van der Waals surface area contributed by atoms with Crippen molar-refractivity contribution in [3.8, 4) is 0 Å². The molecule has 3 rings (SSSR count). The number of amides is 2. The lowest BCUT2D eigenvalue weighted by atomic mass is 10.0. The van der Waals surface area contributed by atoms with Gasteiger partial charge in [-0.1, -0.05) is 12.1 Å². The largest absolute Gasteiger partial charge is 0.349 e. The smallest absolute Gasteiger partial charge is 0.255 e. The van der Waals surface area contributed by atoms with Gasteiger partial charge < -0.3 is 10.2 Å². The van der Waals surface area contributed by atoms with Gasteiger partial charge in [0.2, 0.25) is 0 Å². The van der Waals surface area contributed by atoms with Crippen LogP contribution in [0.3, 0.4) is 0 Å². The molecule has 124 valence electrons. The van der Waals surface area contributed by atoms with Crippen LogP contribution in [0.5, 0.6) is 0 Å². The van der Waals surface area contributed by atoms with E-state index in [9.17, 15) is 9.59 Å². The zero-order chi connectivity index (χ0) is 16.9. The molecule has 0 radical (unpaired) electrons. The molecule has 2 amide bonds. The molecule has 1 N–H and O–H groups in total. The Kier molecular flexibility index (Phi) is 5.15. The Morgan fingerprint density at radius 1 is 1.12 bits per heavy atom. The second-order valence-electron chi connectivity index (χ2n) is 5.80. The maximum absolute atomic E-state index is 12.4. The van der Waals surface area contributed by atoms with Gasteiger partial charge in [0.05, 0.1) is 11.1 Å². The van der Waals surface area contributed by atoms with Crippen molar-refractivity contribution in [3.05, 3.63) is 59.9 Å². The standard InChI is InChI=1S/C18H19N3O2S/c22-17(15-5-1-2-6-16(15)24)20-14-7-10-21(11-8-14)18(23)13-4-3-9-19-12-13/h1-6,9,12,14,24H,7-8,10-11H2,(H,20,22). The third kappa shape index (κ3) is 3.76. The first-order chi connectivity index (χ1) is 11.6. The van der Waals surface area contributed by atoms with Gasteiger partial charge in [-0.25, -0.2) is 0 Å². The molecule has 0 atom stereocenters. The van der Waals surface area contributed by atoms with Gasteiger partial charge in [-0.2, -0.15) is 0 Å². The first-order valence-electron chi connectivity index (χ1n) is 7.93. The van der Waals surface area contributed by atoms with Crippen molar-refractivity contribution < 1.29 is 9.59 Å². The van der Waals surface area contributed by atoms with Crippen molar-refractivity contribution in [2.24, 2.45) is 0 Å². The van der Waals surface area contributed by atoms with E-state index in [-0.39, 0.29) is 17.9 Å². The van der Waals surface area contributed by atoms with Crippen molar-refractivity contribution in [3.63, 3.8) is 0 Å². The molecule has 0 spiro atoms. The Labute approximate surface area is 146 Å². The van der Waals surface area contributed by atoms with Gasteiger partial charge in [-0.3, -0.25) is 14.6 Å². The number of nitrogens with zero attached hydrogens (tertiary/aromatic N) is 2. The number of carbonyl (C=O) groups excluding carboxylic acids is 2. The number of aromatic nitrogens is 1. The zero-order valence-electron chi connectivity index (χ0n) is 13.2. The number of thiol groups is 1. The number of likely N-dealkylation sites (tertiary alicyclic amines) is 1. The minimum atomic E-state index is -0.113. The van der Waals surface area contributed by atoms with Gasteiger partial charge in [0.25, 0.3) is 11.8 Å². The molecule has 5 nitrogen and oxygen atoms in total. The Hall–Kier alpha value is -2.34. The molecule has 0 saturated carbocycles. The van der Waals surface area contributed by atoms with Gasteiger partial charge in [0, 0.05) is 36.4 Å². The number of carbonyl (C=O) groups is 2. The number of hydrogen-bond donors (Lipinski definition) is 2. The Morgan fingerprint density at radius 2 is 1.88 bits per heavy atom. The van der Waals surface area contributed by atoms with Gasteiger partial charge in [-0.15, -0.1) is 12.6 Å². The van der Waals surface area contributed by atoms with E-state index in [0.717, 1.165) is 12.8 Å². The van der Waals surface area contributed by atoms with Crippen LogP contribution in [0, 0.1) is 0 Å². The van der Waals surface area contributed by atoms with Crippen molar-refractivity contribution in [1.29, 1.82) is 0 Å². The van der Waals surface area contributed by atoms with Crippen LogP contribution in [0.25, 0.3) is 0 Å². The fourth-order valence-corrected chi connectivity index (χ4v) is 3.09. The number of piperidine rings is 1. The zero-order valence-corrected chi connectivity index (χ0v) is 14.1. The molecule has 0 aliphatic carbocycles. The fraction of sp³-hybridized carbons (Fsp3) is 0.278. The summed E-state index contributed by atoms with van der Waals surface area (Å²) in [5.41, 5.74) is 1.18. The minimum absolute atomic E-state index is 0.00594. The van der Waals surface area contributed by atoms with E-state index in [0.29, 0.717) is 29.1 Å². The highest BCUT2D eigenvalue weighted by Gasteiger charge is 2.25. The summed E-state index contributed by atoms with van der Waals surface area (Å²) in [7, 11) is 0. The Bertz CT molecular complexity index is 728. The number of pyridine rings is 1. The normalized spacial score (nSPS) is 15.1. The highest BCUT2D eigenvalue weighted by molar-refractivity contribution is 7.80. The van der Waals surface area contributed by atoms with Crippen LogP contribution in [-0.2, 0) is 0 Å². The van der Waals surface area contributed by atoms with Crippen LogP contribution in [0.2, 0.25) is 0 Å². The summed E-state index contributed by atoms with van der Waals surface area (Å²) >= 11 is 4.32. The first-order valence-corrected chi connectivity index (χ1v) is 8.38. The van der Waals surface area contributed by atoms with E-state index in [1.807, 2.05) is 17.0 Å². The van der Waals surface area contributed by atoms with Crippen molar-refractivity contribution in [2.45, 2.75) is 23.8 Å².